The van der Waals surface area contributed by atoms with Crippen molar-refractivity contribution in [1.29, 1.82) is 0 Å². The highest BCUT2D eigenvalue weighted by Crippen LogP contribution is 2.24. The monoisotopic (exact) mass is 315 g/mol. The van der Waals surface area contributed by atoms with Gasteiger partial charge in [0.05, 0.1) is 11.9 Å². The zero-order valence-corrected chi connectivity index (χ0v) is 12.8. The first kappa shape index (κ1) is 16.4. The summed E-state index contributed by atoms with van der Waals surface area (Å²) < 4.78 is 0. The van der Waals surface area contributed by atoms with E-state index in [9.17, 15) is 0 Å². The number of rotatable bonds is 3. The highest BCUT2D eigenvalue weighted by Gasteiger charge is 2.20. The van der Waals surface area contributed by atoms with E-state index in [0.717, 1.165) is 25.2 Å². The average molecular weight is 316 g/mol. The molecule has 0 amide bonds. The molecule has 0 radical (unpaired) electrons. The van der Waals surface area contributed by atoms with Gasteiger partial charge < -0.3 is 10.2 Å². The van der Waals surface area contributed by atoms with Gasteiger partial charge in [0.15, 0.2) is 0 Å². The minimum Gasteiger partial charge on any atom is -0.370 e. The molecular formula is C18H22ClN3. The normalized spacial score (nSPS) is 16.0. The van der Waals surface area contributed by atoms with E-state index in [-0.39, 0.29) is 7.43 Å². The van der Waals surface area contributed by atoms with Crippen LogP contribution in [0, 0.1) is 0 Å². The van der Waals surface area contributed by atoms with Crippen molar-refractivity contribution in [2.24, 2.45) is 0 Å². The summed E-state index contributed by atoms with van der Waals surface area (Å²) in [5, 5.41) is 4.01. The van der Waals surface area contributed by atoms with Gasteiger partial charge in [-0.15, -0.1) is 0 Å². The highest BCUT2D eigenvalue weighted by molar-refractivity contribution is 6.29. The molecule has 116 valence electrons. The summed E-state index contributed by atoms with van der Waals surface area (Å²) in [4.78, 5) is 6.44. The molecule has 1 aliphatic rings. The molecule has 2 aromatic rings. The van der Waals surface area contributed by atoms with E-state index < -0.39 is 0 Å². The number of anilines is 1. The summed E-state index contributed by atoms with van der Waals surface area (Å²) in [6, 6.07) is 14.4. The molecule has 3 rings (SSSR count). The van der Waals surface area contributed by atoms with Crippen LogP contribution in [0.5, 0.6) is 0 Å². The molecule has 0 unspecified atom stereocenters. The van der Waals surface area contributed by atoms with Crippen molar-refractivity contribution < 1.29 is 0 Å². The lowest BCUT2D eigenvalue weighted by atomic mass is 10.1. The van der Waals surface area contributed by atoms with Crippen LogP contribution in [0.4, 0.5) is 5.69 Å². The van der Waals surface area contributed by atoms with Crippen LogP contribution in [0.15, 0.2) is 60.1 Å². The van der Waals surface area contributed by atoms with Crippen molar-refractivity contribution in [3.63, 3.8) is 0 Å². The van der Waals surface area contributed by atoms with Crippen molar-refractivity contribution in [2.45, 2.75) is 20.8 Å². The van der Waals surface area contributed by atoms with Crippen molar-refractivity contribution >= 4 is 17.3 Å². The Morgan fingerprint density at radius 2 is 2.00 bits per heavy atom. The van der Waals surface area contributed by atoms with Crippen LogP contribution in [-0.2, 0) is 6.42 Å². The second kappa shape index (κ2) is 7.32. The van der Waals surface area contributed by atoms with Gasteiger partial charge in [0.1, 0.15) is 11.0 Å². The topological polar surface area (TPSA) is 28.2 Å². The fraction of sp³-hybridized carbons (Fsp3) is 0.278. The third kappa shape index (κ3) is 3.60. The molecular weight excluding hydrogens is 294 g/mol. The molecule has 0 atom stereocenters. The molecule has 4 heteroatoms. The van der Waals surface area contributed by atoms with Crippen LogP contribution < -0.4 is 10.2 Å². The molecule has 3 nitrogen and oxygen atoms in total. The Labute approximate surface area is 137 Å². The molecule has 1 N–H and O–H groups in total. The Kier molecular flexibility index (Phi) is 5.45. The first-order valence-electron chi connectivity index (χ1n) is 7.10. The minimum absolute atomic E-state index is 0. The Hall–Kier alpha value is -2.00. The number of halogens is 1. The molecule has 22 heavy (non-hydrogen) atoms. The van der Waals surface area contributed by atoms with Gasteiger partial charge in [-0.2, -0.15) is 0 Å². The standard InChI is InChI=1S/C17H18ClN3.CH4/c1-13(11-14-5-3-2-4-6-14)17-19-9-10-21(17)15-7-8-16(18)20-12-15;/h2-8,12,19H,9-11H2,1H3;1H4/b17-13+;. The van der Waals surface area contributed by atoms with E-state index in [1.807, 2.05) is 24.4 Å². The van der Waals surface area contributed by atoms with Crippen LogP contribution >= 0.6 is 11.6 Å². The number of pyridine rings is 1. The van der Waals surface area contributed by atoms with Crippen LogP contribution in [0.1, 0.15) is 19.9 Å². The molecule has 1 fully saturated rings. The molecule has 0 aliphatic carbocycles. The predicted molar refractivity (Wildman–Crippen MR) is 94.2 cm³/mol. The maximum absolute atomic E-state index is 5.87. The predicted octanol–water partition coefficient (Wildman–Crippen LogP) is 4.25. The summed E-state index contributed by atoms with van der Waals surface area (Å²) in [5.74, 6) is 1.18. The summed E-state index contributed by atoms with van der Waals surface area (Å²) in [6.07, 6.45) is 2.77. The average Bonchev–Trinajstić information content (AvgIpc) is 2.98. The van der Waals surface area contributed by atoms with E-state index in [1.54, 1.807) is 0 Å². The Bertz CT molecular complexity index is 635. The molecule has 0 bridgehead atoms. The number of allylic oxidation sites excluding steroid dienone is 1. The van der Waals surface area contributed by atoms with E-state index in [0.29, 0.717) is 5.15 Å². The van der Waals surface area contributed by atoms with Gasteiger partial charge in [-0.3, -0.25) is 0 Å². The Balaban J connectivity index is 0.00000176. The third-order valence-corrected chi connectivity index (χ3v) is 3.86. The first-order chi connectivity index (χ1) is 10.2. The summed E-state index contributed by atoms with van der Waals surface area (Å²) in [7, 11) is 0. The smallest absolute Gasteiger partial charge is 0.129 e. The fourth-order valence-electron chi connectivity index (χ4n) is 2.65. The number of benzene rings is 1. The quantitative estimate of drug-likeness (QED) is 0.858. The van der Waals surface area contributed by atoms with Crippen molar-refractivity contribution in [2.75, 3.05) is 18.0 Å². The first-order valence-corrected chi connectivity index (χ1v) is 7.48. The summed E-state index contributed by atoms with van der Waals surface area (Å²) in [6.45, 7) is 4.08. The molecule has 1 aromatic heterocycles. The Morgan fingerprint density at radius 3 is 2.68 bits per heavy atom. The van der Waals surface area contributed by atoms with Crippen molar-refractivity contribution in [1.82, 2.24) is 10.3 Å². The van der Waals surface area contributed by atoms with Crippen molar-refractivity contribution in [3.05, 3.63) is 70.8 Å². The van der Waals surface area contributed by atoms with Crippen LogP contribution in [0.3, 0.4) is 0 Å². The van der Waals surface area contributed by atoms with Gasteiger partial charge in [0.25, 0.3) is 0 Å². The van der Waals surface area contributed by atoms with Gasteiger partial charge in [0.2, 0.25) is 0 Å². The van der Waals surface area contributed by atoms with Gasteiger partial charge in [-0.1, -0.05) is 49.4 Å². The van der Waals surface area contributed by atoms with Gasteiger partial charge >= 0.3 is 0 Å². The van der Waals surface area contributed by atoms with Gasteiger partial charge in [-0.25, -0.2) is 4.98 Å². The largest absolute Gasteiger partial charge is 0.370 e. The second-order valence-electron chi connectivity index (χ2n) is 5.21. The number of aromatic nitrogens is 1. The second-order valence-corrected chi connectivity index (χ2v) is 5.60. The maximum Gasteiger partial charge on any atom is 0.129 e. The summed E-state index contributed by atoms with van der Waals surface area (Å²) in [5.41, 5.74) is 3.73. The SMILES string of the molecule is C.C/C(Cc1ccccc1)=C1/NCCN1c1ccc(Cl)nc1. The molecule has 0 spiro atoms. The van der Waals surface area contributed by atoms with Crippen LogP contribution in [0.2, 0.25) is 5.15 Å². The third-order valence-electron chi connectivity index (χ3n) is 3.64. The number of hydrogen-bond acceptors (Lipinski definition) is 3. The van der Waals surface area contributed by atoms with Gasteiger partial charge in [0, 0.05) is 13.1 Å². The lowest BCUT2D eigenvalue weighted by Crippen LogP contribution is -2.21. The number of nitrogens with zero attached hydrogens (tertiary/aromatic N) is 2. The lowest BCUT2D eigenvalue weighted by Gasteiger charge is -2.21. The highest BCUT2D eigenvalue weighted by atomic mass is 35.5. The maximum atomic E-state index is 5.87. The fourth-order valence-corrected chi connectivity index (χ4v) is 2.76. The van der Waals surface area contributed by atoms with Crippen molar-refractivity contribution in [3.8, 4) is 0 Å². The molecule has 1 aliphatic heterocycles. The van der Waals surface area contributed by atoms with Crippen LogP contribution in [-0.4, -0.2) is 18.1 Å². The molecule has 2 heterocycles. The zero-order valence-electron chi connectivity index (χ0n) is 12.0. The minimum atomic E-state index is 0. The van der Waals surface area contributed by atoms with E-state index in [4.69, 9.17) is 11.6 Å². The van der Waals surface area contributed by atoms with E-state index >= 15 is 0 Å². The molecule has 1 saturated heterocycles. The van der Waals surface area contributed by atoms with Crippen LogP contribution in [0.25, 0.3) is 0 Å². The van der Waals surface area contributed by atoms with Gasteiger partial charge in [-0.05, 0) is 36.6 Å². The van der Waals surface area contributed by atoms with E-state index in [2.05, 4.69) is 46.4 Å². The summed E-state index contributed by atoms with van der Waals surface area (Å²) >= 11 is 5.87. The molecule has 1 aromatic carbocycles. The zero-order chi connectivity index (χ0) is 14.7. The van der Waals surface area contributed by atoms with E-state index in [1.165, 1.54) is 17.0 Å². The Morgan fingerprint density at radius 1 is 1.23 bits per heavy atom. The molecule has 0 saturated carbocycles. The lowest BCUT2D eigenvalue weighted by molar-refractivity contribution is 0.916. The number of nitrogens with one attached hydrogen (secondary N) is 1. The number of hydrogen-bond donors (Lipinski definition) is 1.